The third-order valence-electron chi connectivity index (χ3n) is 3.44. The molecule has 1 fully saturated rings. The van der Waals surface area contributed by atoms with Crippen molar-refractivity contribution < 1.29 is 13.6 Å². The Morgan fingerprint density at radius 2 is 2.15 bits per heavy atom. The van der Waals surface area contributed by atoms with Crippen LogP contribution in [0.1, 0.15) is 28.8 Å². The first-order valence-electron chi connectivity index (χ1n) is 6.52. The number of amides is 1. The fourth-order valence-corrected chi connectivity index (χ4v) is 2.25. The second-order valence-electron chi connectivity index (χ2n) is 5.00. The van der Waals surface area contributed by atoms with Crippen molar-refractivity contribution in [1.82, 2.24) is 10.6 Å². The zero-order chi connectivity index (χ0) is 13.8. The van der Waals surface area contributed by atoms with Crippen molar-refractivity contribution in [3.8, 4) is 0 Å². The Morgan fingerprint density at radius 1 is 1.40 bits per heavy atom. The fourth-order valence-electron chi connectivity index (χ4n) is 2.25. The minimum absolute atomic E-state index is 0. The lowest BCUT2D eigenvalue weighted by Crippen LogP contribution is -2.38. The van der Waals surface area contributed by atoms with Crippen molar-refractivity contribution >= 4 is 18.3 Å². The van der Waals surface area contributed by atoms with Gasteiger partial charge >= 0.3 is 0 Å². The van der Waals surface area contributed by atoms with Crippen molar-refractivity contribution in [3.63, 3.8) is 0 Å². The van der Waals surface area contributed by atoms with Gasteiger partial charge in [0.1, 0.15) is 11.6 Å². The Morgan fingerprint density at radius 3 is 2.80 bits per heavy atom. The molecule has 0 aromatic heterocycles. The molecular formula is C14H19ClF2N2O. The highest BCUT2D eigenvalue weighted by atomic mass is 35.5. The lowest BCUT2D eigenvalue weighted by atomic mass is 9.99. The van der Waals surface area contributed by atoms with E-state index in [1.165, 1.54) is 6.92 Å². The average Bonchev–Trinajstić information content (AvgIpc) is 2.41. The van der Waals surface area contributed by atoms with E-state index in [1.807, 2.05) is 0 Å². The smallest absolute Gasteiger partial charge is 0.254 e. The molecule has 3 nitrogen and oxygen atoms in total. The molecule has 1 aliphatic heterocycles. The highest BCUT2D eigenvalue weighted by Gasteiger charge is 2.17. The van der Waals surface area contributed by atoms with E-state index in [1.54, 1.807) is 0 Å². The van der Waals surface area contributed by atoms with E-state index in [0.29, 0.717) is 12.5 Å². The van der Waals surface area contributed by atoms with Crippen molar-refractivity contribution in [2.45, 2.75) is 19.8 Å². The molecule has 2 N–H and O–H groups in total. The van der Waals surface area contributed by atoms with Gasteiger partial charge in [0.15, 0.2) is 0 Å². The van der Waals surface area contributed by atoms with Gasteiger partial charge in [-0.25, -0.2) is 8.78 Å². The first-order chi connectivity index (χ1) is 9.08. The van der Waals surface area contributed by atoms with Crippen LogP contribution in [-0.4, -0.2) is 25.5 Å². The van der Waals surface area contributed by atoms with Crippen LogP contribution < -0.4 is 10.6 Å². The summed E-state index contributed by atoms with van der Waals surface area (Å²) in [7, 11) is 0. The van der Waals surface area contributed by atoms with Gasteiger partial charge in [-0.2, -0.15) is 0 Å². The van der Waals surface area contributed by atoms with Crippen LogP contribution in [0.3, 0.4) is 0 Å². The molecule has 1 amide bonds. The molecule has 1 unspecified atom stereocenters. The normalized spacial score (nSPS) is 18.2. The number of carbonyl (C=O) groups excluding carboxylic acids is 1. The first-order valence-corrected chi connectivity index (χ1v) is 6.52. The molecule has 0 radical (unpaired) electrons. The summed E-state index contributed by atoms with van der Waals surface area (Å²) in [6, 6.07) is 2.01. The molecule has 6 heteroatoms. The maximum absolute atomic E-state index is 13.6. The molecule has 112 valence electrons. The summed E-state index contributed by atoms with van der Waals surface area (Å²) in [6.07, 6.45) is 2.12. The number of rotatable bonds is 3. The average molecular weight is 305 g/mol. The van der Waals surface area contributed by atoms with Gasteiger partial charge in [-0.05, 0) is 56.5 Å². The van der Waals surface area contributed by atoms with Crippen molar-refractivity contribution in [3.05, 3.63) is 34.9 Å². The number of piperidine rings is 1. The van der Waals surface area contributed by atoms with Gasteiger partial charge in [0, 0.05) is 6.54 Å². The summed E-state index contributed by atoms with van der Waals surface area (Å²) in [5, 5.41) is 5.91. The minimum Gasteiger partial charge on any atom is -0.352 e. The highest BCUT2D eigenvalue weighted by Crippen LogP contribution is 2.14. The first kappa shape index (κ1) is 16.9. The molecule has 1 aromatic rings. The molecule has 1 aliphatic rings. The van der Waals surface area contributed by atoms with Gasteiger partial charge in [-0.1, -0.05) is 0 Å². The summed E-state index contributed by atoms with van der Waals surface area (Å²) in [5.74, 6) is -1.44. The molecule has 0 saturated carbocycles. The van der Waals surface area contributed by atoms with Crippen molar-refractivity contribution in [1.29, 1.82) is 0 Å². The zero-order valence-corrected chi connectivity index (χ0v) is 12.2. The molecule has 0 aliphatic carbocycles. The van der Waals surface area contributed by atoms with E-state index >= 15 is 0 Å². The lowest BCUT2D eigenvalue weighted by Gasteiger charge is -2.22. The standard InChI is InChI=1S/C14H18F2N2O.ClH/c1-9-5-13(16)11(6-12(9)15)14(19)18-8-10-3-2-4-17-7-10;/h5-6,10,17H,2-4,7-8H2,1H3,(H,18,19);1H. The molecule has 2 rings (SSSR count). The third-order valence-corrected chi connectivity index (χ3v) is 3.44. The molecular weight excluding hydrogens is 286 g/mol. The Hall–Kier alpha value is -1.20. The Kier molecular flexibility index (Phi) is 6.36. The number of nitrogens with one attached hydrogen (secondary N) is 2. The van der Waals surface area contributed by atoms with E-state index in [-0.39, 0.29) is 23.5 Å². The number of hydrogen-bond donors (Lipinski definition) is 2. The van der Waals surface area contributed by atoms with E-state index in [2.05, 4.69) is 10.6 Å². The maximum atomic E-state index is 13.6. The summed E-state index contributed by atoms with van der Waals surface area (Å²) >= 11 is 0. The second kappa shape index (κ2) is 7.55. The van der Waals surface area contributed by atoms with E-state index in [4.69, 9.17) is 0 Å². The summed E-state index contributed by atoms with van der Waals surface area (Å²) < 4.78 is 27.0. The largest absolute Gasteiger partial charge is 0.352 e. The molecule has 1 saturated heterocycles. The van der Waals surface area contributed by atoms with Gasteiger partial charge < -0.3 is 10.6 Å². The second-order valence-corrected chi connectivity index (χ2v) is 5.00. The molecule has 20 heavy (non-hydrogen) atoms. The van der Waals surface area contributed by atoms with E-state index < -0.39 is 17.5 Å². The number of aryl methyl sites for hydroxylation is 1. The van der Waals surface area contributed by atoms with Crippen LogP contribution in [0, 0.1) is 24.5 Å². The topological polar surface area (TPSA) is 41.1 Å². The van der Waals surface area contributed by atoms with E-state index in [9.17, 15) is 13.6 Å². The van der Waals surface area contributed by atoms with Crippen LogP contribution in [0.4, 0.5) is 8.78 Å². The van der Waals surface area contributed by atoms with Gasteiger partial charge in [0.2, 0.25) is 0 Å². The molecule has 1 aromatic carbocycles. The van der Waals surface area contributed by atoms with Crippen molar-refractivity contribution in [2.24, 2.45) is 5.92 Å². The van der Waals surface area contributed by atoms with Crippen LogP contribution in [0.2, 0.25) is 0 Å². The van der Waals surface area contributed by atoms with Crippen LogP contribution >= 0.6 is 12.4 Å². The molecule has 1 atom stereocenters. The van der Waals surface area contributed by atoms with Gasteiger partial charge in [-0.15, -0.1) is 12.4 Å². The Balaban J connectivity index is 0.00000200. The van der Waals surface area contributed by atoms with Gasteiger partial charge in [-0.3, -0.25) is 4.79 Å². The molecule has 0 bridgehead atoms. The number of halogens is 3. The monoisotopic (exact) mass is 304 g/mol. The number of hydrogen-bond acceptors (Lipinski definition) is 2. The highest BCUT2D eigenvalue weighted by molar-refractivity contribution is 5.94. The summed E-state index contributed by atoms with van der Waals surface area (Å²) in [5.41, 5.74) is -0.0302. The summed E-state index contributed by atoms with van der Waals surface area (Å²) in [4.78, 5) is 11.8. The predicted molar refractivity (Wildman–Crippen MR) is 76.3 cm³/mol. The lowest BCUT2D eigenvalue weighted by molar-refractivity contribution is 0.0940. The van der Waals surface area contributed by atoms with E-state index in [0.717, 1.165) is 38.1 Å². The zero-order valence-electron chi connectivity index (χ0n) is 11.3. The quantitative estimate of drug-likeness (QED) is 0.900. The number of benzene rings is 1. The van der Waals surface area contributed by atoms with Crippen LogP contribution in [0.25, 0.3) is 0 Å². The van der Waals surface area contributed by atoms with Gasteiger partial charge in [0.05, 0.1) is 5.56 Å². The van der Waals surface area contributed by atoms with Crippen LogP contribution in [-0.2, 0) is 0 Å². The minimum atomic E-state index is -0.682. The predicted octanol–water partition coefficient (Wildman–Crippen LogP) is 2.42. The summed E-state index contributed by atoms with van der Waals surface area (Å²) in [6.45, 7) is 3.81. The van der Waals surface area contributed by atoms with Crippen LogP contribution in [0.15, 0.2) is 12.1 Å². The van der Waals surface area contributed by atoms with Crippen LogP contribution in [0.5, 0.6) is 0 Å². The Labute approximate surface area is 123 Å². The van der Waals surface area contributed by atoms with Crippen molar-refractivity contribution in [2.75, 3.05) is 19.6 Å². The number of carbonyl (C=O) groups is 1. The third kappa shape index (κ3) is 4.15. The van der Waals surface area contributed by atoms with Gasteiger partial charge in [0.25, 0.3) is 5.91 Å². The molecule has 0 spiro atoms. The maximum Gasteiger partial charge on any atom is 0.254 e. The SMILES string of the molecule is Cc1cc(F)c(C(=O)NCC2CCCNC2)cc1F.Cl. The Bertz CT molecular complexity index is 476. The fraction of sp³-hybridized carbons (Fsp3) is 0.500. The molecule has 1 heterocycles.